The van der Waals surface area contributed by atoms with Crippen molar-refractivity contribution in [3.05, 3.63) is 64.7 Å². The summed E-state index contributed by atoms with van der Waals surface area (Å²) in [7, 11) is 0. The van der Waals surface area contributed by atoms with E-state index in [1.165, 1.54) is 0 Å². The number of nitrogens with zero attached hydrogens (tertiary/aromatic N) is 1. The maximum Gasteiger partial charge on any atom is 0.162 e. The summed E-state index contributed by atoms with van der Waals surface area (Å²) in [6.07, 6.45) is 0. The summed E-state index contributed by atoms with van der Waals surface area (Å²) in [4.78, 5) is -1.07. The molecule has 0 saturated heterocycles. The van der Waals surface area contributed by atoms with Gasteiger partial charge < -0.3 is 10.1 Å². The maximum atomic E-state index is 9.60. The Morgan fingerprint density at radius 2 is 1.85 bits per heavy atom. The Hall–Kier alpha value is -1.26. The van der Waals surface area contributed by atoms with E-state index >= 15 is 0 Å². The summed E-state index contributed by atoms with van der Waals surface area (Å²) in [6, 6.07) is 15.6. The topological polar surface area (TPSA) is 35.5 Å². The van der Waals surface area contributed by atoms with Gasteiger partial charge in [-0.25, -0.2) is 5.43 Å². The standard InChI is InChI=1S/C15H14Cl2N2O/c16-12-7-4-8-13-14(12)15(17,10-20)18-19(13)9-11-5-2-1-3-6-11/h1-8,18,20H,9-10H2. The van der Waals surface area contributed by atoms with Crippen molar-refractivity contribution in [2.75, 3.05) is 11.6 Å². The van der Waals surface area contributed by atoms with E-state index in [1.54, 1.807) is 6.07 Å². The number of aliphatic hydroxyl groups is 1. The molecule has 0 saturated carbocycles. The predicted octanol–water partition coefficient (Wildman–Crippen LogP) is 3.25. The van der Waals surface area contributed by atoms with Gasteiger partial charge in [-0.05, 0) is 17.7 Å². The Labute approximate surface area is 127 Å². The van der Waals surface area contributed by atoms with Gasteiger partial charge in [0.25, 0.3) is 0 Å². The first-order valence-electron chi connectivity index (χ1n) is 6.32. The van der Waals surface area contributed by atoms with E-state index in [4.69, 9.17) is 23.2 Å². The van der Waals surface area contributed by atoms with E-state index in [-0.39, 0.29) is 6.61 Å². The summed E-state index contributed by atoms with van der Waals surface area (Å²) >= 11 is 12.7. The van der Waals surface area contributed by atoms with E-state index in [9.17, 15) is 5.11 Å². The van der Waals surface area contributed by atoms with Crippen LogP contribution in [0.5, 0.6) is 0 Å². The maximum absolute atomic E-state index is 9.60. The first kappa shape index (κ1) is 13.7. The lowest BCUT2D eigenvalue weighted by Gasteiger charge is -2.24. The zero-order chi connectivity index (χ0) is 14.2. The monoisotopic (exact) mass is 308 g/mol. The number of hydrazine groups is 1. The van der Waals surface area contributed by atoms with Gasteiger partial charge in [-0.15, -0.1) is 0 Å². The van der Waals surface area contributed by atoms with Crippen LogP contribution in [0.15, 0.2) is 48.5 Å². The summed E-state index contributed by atoms with van der Waals surface area (Å²) in [5.41, 5.74) is 5.90. The van der Waals surface area contributed by atoms with Crippen LogP contribution < -0.4 is 10.4 Å². The van der Waals surface area contributed by atoms with Crippen molar-refractivity contribution in [1.29, 1.82) is 0 Å². The fourth-order valence-electron chi connectivity index (χ4n) is 2.47. The minimum Gasteiger partial charge on any atom is -0.393 e. The van der Waals surface area contributed by atoms with E-state index in [1.807, 2.05) is 47.5 Å². The average molecular weight is 309 g/mol. The number of anilines is 1. The van der Waals surface area contributed by atoms with Crippen LogP contribution in [0.3, 0.4) is 0 Å². The van der Waals surface area contributed by atoms with E-state index in [0.717, 1.165) is 16.8 Å². The van der Waals surface area contributed by atoms with Crippen LogP contribution in [-0.4, -0.2) is 11.7 Å². The number of halogens is 2. The van der Waals surface area contributed by atoms with E-state index < -0.39 is 5.00 Å². The minimum atomic E-state index is -1.07. The van der Waals surface area contributed by atoms with Gasteiger partial charge in [0.1, 0.15) is 0 Å². The van der Waals surface area contributed by atoms with E-state index in [2.05, 4.69) is 5.43 Å². The number of hydrogen-bond acceptors (Lipinski definition) is 3. The van der Waals surface area contributed by atoms with Crippen molar-refractivity contribution >= 4 is 28.9 Å². The fraction of sp³-hybridized carbons (Fsp3) is 0.200. The minimum absolute atomic E-state index is 0.240. The first-order chi connectivity index (χ1) is 9.64. The highest BCUT2D eigenvalue weighted by atomic mass is 35.5. The third-order valence-electron chi connectivity index (χ3n) is 3.39. The Bertz CT molecular complexity index is 621. The van der Waals surface area contributed by atoms with Gasteiger partial charge in [0.05, 0.1) is 18.8 Å². The first-order valence-corrected chi connectivity index (χ1v) is 7.08. The number of rotatable bonds is 3. The number of fused-ring (bicyclic) bond motifs is 1. The molecule has 2 aromatic carbocycles. The third kappa shape index (κ3) is 2.27. The second kappa shape index (κ2) is 5.26. The number of aliphatic hydroxyl groups excluding tert-OH is 1. The molecule has 3 nitrogen and oxygen atoms in total. The lowest BCUT2D eigenvalue weighted by molar-refractivity contribution is 0.225. The highest BCUT2D eigenvalue weighted by Crippen LogP contribution is 2.44. The molecule has 0 aliphatic carbocycles. The van der Waals surface area contributed by atoms with Crippen molar-refractivity contribution in [2.24, 2.45) is 0 Å². The molecule has 0 bridgehead atoms. The van der Waals surface area contributed by atoms with Crippen molar-refractivity contribution in [3.8, 4) is 0 Å². The summed E-state index contributed by atoms with van der Waals surface area (Å²) in [5, 5.41) is 12.1. The number of benzene rings is 2. The molecule has 1 atom stereocenters. The number of hydrogen-bond donors (Lipinski definition) is 2. The van der Waals surface area contributed by atoms with Crippen LogP contribution in [0.25, 0.3) is 0 Å². The molecule has 0 spiro atoms. The second-order valence-corrected chi connectivity index (χ2v) is 5.83. The van der Waals surface area contributed by atoms with Crippen LogP contribution in [0, 0.1) is 0 Å². The van der Waals surface area contributed by atoms with Gasteiger partial charge >= 0.3 is 0 Å². The Morgan fingerprint density at radius 1 is 1.10 bits per heavy atom. The van der Waals surface area contributed by atoms with Crippen molar-refractivity contribution in [2.45, 2.75) is 11.5 Å². The van der Waals surface area contributed by atoms with Crippen molar-refractivity contribution in [3.63, 3.8) is 0 Å². The van der Waals surface area contributed by atoms with Gasteiger partial charge in [0.2, 0.25) is 0 Å². The summed E-state index contributed by atoms with van der Waals surface area (Å²) < 4.78 is 0. The van der Waals surface area contributed by atoms with Crippen LogP contribution in [0.4, 0.5) is 5.69 Å². The second-order valence-electron chi connectivity index (χ2n) is 4.78. The molecule has 1 unspecified atom stereocenters. The Morgan fingerprint density at radius 3 is 2.55 bits per heavy atom. The molecule has 0 amide bonds. The molecule has 104 valence electrons. The highest BCUT2D eigenvalue weighted by Gasteiger charge is 2.42. The van der Waals surface area contributed by atoms with Crippen LogP contribution in [-0.2, 0) is 11.5 Å². The predicted molar refractivity (Wildman–Crippen MR) is 81.8 cm³/mol. The van der Waals surface area contributed by atoms with Gasteiger partial charge in [-0.1, -0.05) is 59.6 Å². The normalized spacial score (nSPS) is 21.1. The lowest BCUT2D eigenvalue weighted by atomic mass is 10.1. The molecule has 0 fully saturated rings. The molecule has 20 heavy (non-hydrogen) atoms. The average Bonchev–Trinajstić information content (AvgIpc) is 2.75. The number of nitrogens with one attached hydrogen (secondary N) is 1. The zero-order valence-corrected chi connectivity index (χ0v) is 12.2. The molecule has 3 rings (SSSR count). The summed E-state index contributed by atoms with van der Waals surface area (Å²) in [5.74, 6) is 0. The summed E-state index contributed by atoms with van der Waals surface area (Å²) in [6.45, 7) is 0.402. The zero-order valence-electron chi connectivity index (χ0n) is 10.7. The highest BCUT2D eigenvalue weighted by molar-refractivity contribution is 6.34. The van der Waals surface area contributed by atoms with Gasteiger partial charge in [-0.3, -0.25) is 0 Å². The van der Waals surface area contributed by atoms with Gasteiger partial charge in [-0.2, -0.15) is 0 Å². The van der Waals surface area contributed by atoms with Crippen LogP contribution >= 0.6 is 23.2 Å². The van der Waals surface area contributed by atoms with Crippen LogP contribution in [0.2, 0.25) is 5.02 Å². The molecule has 0 aromatic heterocycles. The Balaban J connectivity index is 1.99. The molecular formula is C15H14Cl2N2O. The quantitative estimate of drug-likeness (QED) is 0.675. The van der Waals surface area contributed by atoms with Crippen LogP contribution in [0.1, 0.15) is 11.1 Å². The third-order valence-corrected chi connectivity index (χ3v) is 4.10. The smallest absolute Gasteiger partial charge is 0.162 e. The lowest BCUT2D eigenvalue weighted by Crippen LogP contribution is -2.44. The molecule has 5 heteroatoms. The fourth-order valence-corrected chi connectivity index (χ4v) is 3.14. The van der Waals surface area contributed by atoms with Crippen molar-refractivity contribution < 1.29 is 5.11 Å². The number of alkyl halides is 1. The molecule has 1 heterocycles. The molecule has 1 aliphatic heterocycles. The SMILES string of the molecule is OCC1(Cl)NN(Cc2ccccc2)c2cccc(Cl)c21. The molecular weight excluding hydrogens is 295 g/mol. The molecule has 1 aliphatic rings. The molecule has 2 aromatic rings. The largest absolute Gasteiger partial charge is 0.393 e. The van der Waals surface area contributed by atoms with E-state index in [0.29, 0.717) is 11.6 Å². The van der Waals surface area contributed by atoms with Gasteiger partial charge in [0.15, 0.2) is 5.00 Å². The van der Waals surface area contributed by atoms with Crippen molar-refractivity contribution in [1.82, 2.24) is 5.43 Å². The van der Waals surface area contributed by atoms with Gasteiger partial charge in [0, 0.05) is 10.6 Å². The molecule has 0 radical (unpaired) electrons. The molecule has 2 N–H and O–H groups in total. The Kier molecular flexibility index (Phi) is 3.61.